The van der Waals surface area contributed by atoms with Gasteiger partial charge in [0.2, 0.25) is 0 Å². The largest absolute Gasteiger partial charge is 0.303 e. The zero-order valence-corrected chi connectivity index (χ0v) is 26.9. The van der Waals surface area contributed by atoms with Crippen LogP contribution in [0, 0.1) is 10.8 Å². The minimum atomic E-state index is 0.00786. The maximum atomic E-state index is 9.24. The lowest BCUT2D eigenvalue weighted by Crippen LogP contribution is -2.22. The molecule has 2 nitrogen and oxygen atoms in total. The number of rotatable bonds is 21. The van der Waals surface area contributed by atoms with Crippen LogP contribution >= 0.6 is 0 Å². The summed E-state index contributed by atoms with van der Waals surface area (Å²) in [6.45, 7) is 13.6. The van der Waals surface area contributed by atoms with E-state index in [0.717, 1.165) is 51.4 Å². The van der Waals surface area contributed by atoms with Crippen molar-refractivity contribution in [1.29, 1.82) is 10.8 Å². The minimum Gasteiger partial charge on any atom is -0.303 e. The Morgan fingerprint density at radius 1 is 0.550 bits per heavy atom. The van der Waals surface area contributed by atoms with Crippen molar-refractivity contribution in [3.63, 3.8) is 0 Å². The molecule has 0 spiro atoms. The Morgan fingerprint density at radius 2 is 1.07 bits per heavy atom. The van der Waals surface area contributed by atoms with E-state index in [4.69, 9.17) is 5.41 Å². The zero-order chi connectivity index (χ0) is 29.3. The standard InChI is InChI=1S/C38H60N2/c1-7-13-15-16-17-18-20-37(39)38(40)36(35-24-22-30(10-4)32(12-6)28-35)26-25-33(19-14-8-2)34-23-21-29(9-3)31(11-5)27-34/h21-24,27-28,33,36,39-40H,7-20,25-26H2,1-6H3. The van der Waals surface area contributed by atoms with Gasteiger partial charge in [0, 0.05) is 5.92 Å². The molecule has 0 fully saturated rings. The Morgan fingerprint density at radius 3 is 1.65 bits per heavy atom. The molecule has 2 aromatic rings. The van der Waals surface area contributed by atoms with Gasteiger partial charge in [0.05, 0.1) is 11.4 Å². The Bertz CT molecular complexity index is 1030. The summed E-state index contributed by atoms with van der Waals surface area (Å²) in [5.74, 6) is 0.522. The molecule has 0 radical (unpaired) electrons. The first-order chi connectivity index (χ1) is 19.4. The number of nitrogens with one attached hydrogen (secondary N) is 2. The summed E-state index contributed by atoms with van der Waals surface area (Å²) >= 11 is 0. The van der Waals surface area contributed by atoms with Crippen LogP contribution in [0.25, 0.3) is 0 Å². The molecular formula is C38H60N2. The van der Waals surface area contributed by atoms with Crippen LogP contribution < -0.4 is 0 Å². The second kappa shape index (κ2) is 19.0. The van der Waals surface area contributed by atoms with Crippen molar-refractivity contribution in [2.75, 3.05) is 0 Å². The van der Waals surface area contributed by atoms with Gasteiger partial charge < -0.3 is 10.8 Å². The van der Waals surface area contributed by atoms with Crippen LogP contribution in [0.5, 0.6) is 0 Å². The van der Waals surface area contributed by atoms with Crippen molar-refractivity contribution in [3.8, 4) is 0 Å². The molecule has 0 bridgehead atoms. The van der Waals surface area contributed by atoms with Crippen LogP contribution in [-0.4, -0.2) is 11.4 Å². The maximum absolute atomic E-state index is 9.24. The molecule has 0 amide bonds. The van der Waals surface area contributed by atoms with E-state index in [1.54, 1.807) is 0 Å². The van der Waals surface area contributed by atoms with Crippen molar-refractivity contribution in [2.45, 2.75) is 156 Å². The lowest BCUT2D eigenvalue weighted by atomic mass is 9.80. The average molecular weight is 545 g/mol. The van der Waals surface area contributed by atoms with E-state index >= 15 is 0 Å². The van der Waals surface area contributed by atoms with Gasteiger partial charge in [0.1, 0.15) is 0 Å². The van der Waals surface area contributed by atoms with E-state index < -0.39 is 0 Å². The highest BCUT2D eigenvalue weighted by Crippen LogP contribution is 2.34. The number of hydrogen-bond acceptors (Lipinski definition) is 2. The van der Waals surface area contributed by atoms with Crippen molar-refractivity contribution in [1.82, 2.24) is 0 Å². The molecule has 0 saturated heterocycles. The number of unbranched alkanes of at least 4 members (excludes halogenated alkanes) is 6. The van der Waals surface area contributed by atoms with E-state index in [0.29, 0.717) is 17.3 Å². The third-order valence-corrected chi connectivity index (χ3v) is 9.02. The van der Waals surface area contributed by atoms with Gasteiger partial charge in [-0.3, -0.25) is 0 Å². The van der Waals surface area contributed by atoms with Gasteiger partial charge in [0.15, 0.2) is 0 Å². The molecule has 0 aliphatic heterocycles. The van der Waals surface area contributed by atoms with Gasteiger partial charge >= 0.3 is 0 Å². The van der Waals surface area contributed by atoms with E-state index in [1.165, 1.54) is 84.7 Å². The molecule has 0 saturated carbocycles. The van der Waals surface area contributed by atoms with Gasteiger partial charge in [-0.25, -0.2) is 0 Å². The van der Waals surface area contributed by atoms with Crippen LogP contribution in [0.4, 0.5) is 0 Å². The predicted octanol–water partition coefficient (Wildman–Crippen LogP) is 11.6. The number of benzene rings is 2. The third kappa shape index (κ3) is 10.3. The first-order valence-corrected chi connectivity index (χ1v) is 16.8. The highest BCUT2D eigenvalue weighted by Gasteiger charge is 2.24. The van der Waals surface area contributed by atoms with Gasteiger partial charge in [0.25, 0.3) is 0 Å². The molecule has 2 atom stereocenters. The van der Waals surface area contributed by atoms with E-state index in [9.17, 15) is 5.41 Å². The van der Waals surface area contributed by atoms with Gasteiger partial charge in [-0.1, -0.05) is 123 Å². The molecule has 0 aliphatic carbocycles. The fraction of sp³-hybridized carbons (Fsp3) is 0.632. The van der Waals surface area contributed by atoms with Crippen LogP contribution in [0.3, 0.4) is 0 Å². The molecule has 2 N–H and O–H groups in total. The number of aryl methyl sites for hydroxylation is 4. The zero-order valence-electron chi connectivity index (χ0n) is 26.9. The molecule has 2 aromatic carbocycles. The molecule has 0 heterocycles. The predicted molar refractivity (Wildman–Crippen MR) is 178 cm³/mol. The van der Waals surface area contributed by atoms with Crippen LogP contribution in [-0.2, 0) is 25.7 Å². The Labute approximate surface area is 247 Å². The highest BCUT2D eigenvalue weighted by molar-refractivity contribution is 6.41. The first kappa shape index (κ1) is 34.0. The lowest BCUT2D eigenvalue weighted by Gasteiger charge is -2.25. The maximum Gasteiger partial charge on any atom is 0.0596 e. The Balaban J connectivity index is 2.29. The molecule has 2 rings (SSSR count). The SMILES string of the molecule is CCCCCCCCC(=N)C(=N)C(CCC(CCCC)c1ccc(CC)c(CC)c1)c1ccc(CC)c(CC)c1. The summed E-state index contributed by atoms with van der Waals surface area (Å²) < 4.78 is 0. The van der Waals surface area contributed by atoms with Crippen molar-refractivity contribution in [2.24, 2.45) is 0 Å². The van der Waals surface area contributed by atoms with Gasteiger partial charge in [-0.05, 0) is 97.1 Å². The van der Waals surface area contributed by atoms with Crippen LogP contribution in [0.1, 0.15) is 164 Å². The quantitative estimate of drug-likeness (QED) is 0.116. The average Bonchev–Trinajstić information content (AvgIpc) is 2.99. The number of hydrogen-bond donors (Lipinski definition) is 2. The normalized spacial score (nSPS) is 12.8. The minimum absolute atomic E-state index is 0.00786. The Hall–Kier alpha value is -2.22. The Kier molecular flexibility index (Phi) is 16.1. The van der Waals surface area contributed by atoms with Crippen molar-refractivity contribution < 1.29 is 0 Å². The summed E-state index contributed by atoms with van der Waals surface area (Å²) in [7, 11) is 0. The summed E-state index contributed by atoms with van der Waals surface area (Å²) in [4.78, 5) is 0. The molecule has 0 aromatic heterocycles. The third-order valence-electron chi connectivity index (χ3n) is 9.02. The molecular weight excluding hydrogens is 484 g/mol. The molecule has 222 valence electrons. The monoisotopic (exact) mass is 544 g/mol. The fourth-order valence-electron chi connectivity index (χ4n) is 6.31. The van der Waals surface area contributed by atoms with Gasteiger partial charge in [-0.2, -0.15) is 0 Å². The second-order valence-corrected chi connectivity index (χ2v) is 11.8. The second-order valence-electron chi connectivity index (χ2n) is 11.8. The van der Waals surface area contributed by atoms with Gasteiger partial charge in [-0.15, -0.1) is 0 Å². The fourth-order valence-corrected chi connectivity index (χ4v) is 6.31. The molecule has 40 heavy (non-hydrogen) atoms. The summed E-state index contributed by atoms with van der Waals surface area (Å²) in [5.41, 5.74) is 9.64. The smallest absolute Gasteiger partial charge is 0.0596 e. The van der Waals surface area contributed by atoms with Crippen molar-refractivity contribution >= 4 is 11.4 Å². The summed E-state index contributed by atoms with van der Waals surface area (Å²) in [5, 5.41) is 18.1. The highest BCUT2D eigenvalue weighted by atomic mass is 14.5. The van der Waals surface area contributed by atoms with E-state index in [2.05, 4.69) is 77.9 Å². The van der Waals surface area contributed by atoms with Crippen LogP contribution in [0.15, 0.2) is 36.4 Å². The summed E-state index contributed by atoms with van der Waals surface area (Å²) in [6.07, 6.45) is 18.0. The van der Waals surface area contributed by atoms with Crippen molar-refractivity contribution in [3.05, 3.63) is 69.8 Å². The van der Waals surface area contributed by atoms with E-state index in [1.807, 2.05) is 0 Å². The summed E-state index contributed by atoms with van der Waals surface area (Å²) in [6, 6.07) is 14.1. The first-order valence-electron chi connectivity index (χ1n) is 16.8. The lowest BCUT2D eigenvalue weighted by molar-refractivity contribution is 0.520. The molecule has 0 aliphatic rings. The van der Waals surface area contributed by atoms with E-state index in [-0.39, 0.29) is 5.92 Å². The molecule has 2 heteroatoms. The molecule has 2 unspecified atom stereocenters. The topological polar surface area (TPSA) is 47.7 Å². The van der Waals surface area contributed by atoms with Crippen LogP contribution in [0.2, 0.25) is 0 Å².